The minimum absolute atomic E-state index is 0.185. The Labute approximate surface area is 154 Å². The Morgan fingerprint density at radius 2 is 1.25 bits per heavy atom. The standard InChI is InChI=1S/C17H12Cl2N2O2S/c18-13-5-1-3-11(9-13)15(22)20-7-8-21(17(20)24)16(23)12-4-2-6-14(19)10-12/h1-6,9-10H,7-8H2. The maximum atomic E-state index is 12.6. The molecule has 0 spiro atoms. The summed E-state index contributed by atoms with van der Waals surface area (Å²) in [7, 11) is 0. The number of benzene rings is 2. The molecular formula is C17H12Cl2N2O2S. The monoisotopic (exact) mass is 378 g/mol. The Bertz CT molecular complexity index is 773. The van der Waals surface area contributed by atoms with Gasteiger partial charge in [0.05, 0.1) is 0 Å². The van der Waals surface area contributed by atoms with E-state index in [2.05, 4.69) is 0 Å². The van der Waals surface area contributed by atoms with E-state index < -0.39 is 0 Å². The molecule has 1 aliphatic heterocycles. The third-order valence-electron chi connectivity index (χ3n) is 3.64. The molecule has 2 aromatic carbocycles. The van der Waals surface area contributed by atoms with E-state index in [0.29, 0.717) is 34.3 Å². The normalized spacial score (nSPS) is 14.2. The molecule has 0 aliphatic carbocycles. The van der Waals surface area contributed by atoms with Gasteiger partial charge in [0, 0.05) is 34.3 Å². The lowest BCUT2D eigenvalue weighted by Crippen LogP contribution is -2.38. The highest BCUT2D eigenvalue weighted by Gasteiger charge is 2.34. The van der Waals surface area contributed by atoms with Gasteiger partial charge in [0.15, 0.2) is 5.11 Å². The van der Waals surface area contributed by atoms with Crippen molar-refractivity contribution in [2.24, 2.45) is 0 Å². The number of rotatable bonds is 2. The maximum Gasteiger partial charge on any atom is 0.260 e. The van der Waals surface area contributed by atoms with Crippen molar-refractivity contribution in [3.63, 3.8) is 0 Å². The van der Waals surface area contributed by atoms with Gasteiger partial charge in [-0.05, 0) is 48.6 Å². The Morgan fingerprint density at radius 3 is 1.62 bits per heavy atom. The number of carbonyl (C=O) groups excluding carboxylic acids is 2. The molecule has 0 aromatic heterocycles. The maximum absolute atomic E-state index is 12.6. The van der Waals surface area contributed by atoms with Gasteiger partial charge in [0.2, 0.25) is 0 Å². The van der Waals surface area contributed by atoms with Gasteiger partial charge in [-0.3, -0.25) is 19.4 Å². The van der Waals surface area contributed by atoms with Crippen LogP contribution in [0.3, 0.4) is 0 Å². The van der Waals surface area contributed by atoms with Crippen LogP contribution in [0.1, 0.15) is 20.7 Å². The number of thiocarbonyl (C=S) groups is 1. The number of hydrogen-bond donors (Lipinski definition) is 0. The van der Waals surface area contributed by atoms with Crippen molar-refractivity contribution < 1.29 is 9.59 Å². The molecule has 122 valence electrons. The van der Waals surface area contributed by atoms with Crippen molar-refractivity contribution in [2.75, 3.05) is 13.1 Å². The Kier molecular flexibility index (Phi) is 4.85. The summed E-state index contributed by atoms with van der Waals surface area (Å²) in [6.07, 6.45) is 0. The molecule has 2 aromatic rings. The molecule has 1 aliphatic rings. The van der Waals surface area contributed by atoms with Crippen molar-refractivity contribution in [3.05, 3.63) is 69.7 Å². The average molecular weight is 379 g/mol. The quantitative estimate of drug-likeness (QED) is 0.744. The first-order valence-corrected chi connectivity index (χ1v) is 8.32. The van der Waals surface area contributed by atoms with Crippen LogP contribution in [0.5, 0.6) is 0 Å². The SMILES string of the molecule is O=C(c1cccc(Cl)c1)N1CCN(C(=O)c2cccc(Cl)c2)C1=S. The molecule has 0 unspecified atom stereocenters. The zero-order valence-corrected chi connectivity index (χ0v) is 14.7. The number of amides is 2. The Balaban J connectivity index is 1.80. The van der Waals surface area contributed by atoms with E-state index >= 15 is 0 Å². The number of hydrogen-bond acceptors (Lipinski definition) is 3. The molecule has 0 saturated carbocycles. The van der Waals surface area contributed by atoms with Crippen molar-refractivity contribution in [1.82, 2.24) is 9.80 Å². The molecule has 1 saturated heterocycles. The second-order valence-corrected chi connectivity index (χ2v) is 6.45. The van der Waals surface area contributed by atoms with Gasteiger partial charge in [0.25, 0.3) is 11.8 Å². The van der Waals surface area contributed by atoms with Gasteiger partial charge in [0.1, 0.15) is 0 Å². The molecule has 7 heteroatoms. The van der Waals surface area contributed by atoms with E-state index in [4.69, 9.17) is 35.4 Å². The number of carbonyl (C=O) groups is 2. The summed E-state index contributed by atoms with van der Waals surface area (Å²) in [5, 5.41) is 1.13. The molecule has 0 radical (unpaired) electrons. The summed E-state index contributed by atoms with van der Waals surface area (Å²) >= 11 is 17.2. The van der Waals surface area contributed by atoms with Gasteiger partial charge in [-0.2, -0.15) is 0 Å². The Hall–Kier alpha value is -1.95. The molecule has 0 N–H and O–H groups in total. The van der Waals surface area contributed by atoms with Gasteiger partial charge < -0.3 is 0 Å². The largest absolute Gasteiger partial charge is 0.283 e. The van der Waals surface area contributed by atoms with Crippen molar-refractivity contribution in [2.45, 2.75) is 0 Å². The first kappa shape index (κ1) is 16.9. The van der Waals surface area contributed by atoms with Crippen LogP contribution >= 0.6 is 35.4 Å². The molecule has 3 rings (SSSR count). The lowest BCUT2D eigenvalue weighted by molar-refractivity contribution is 0.0857. The second kappa shape index (κ2) is 6.89. The fourth-order valence-corrected chi connectivity index (χ4v) is 3.20. The summed E-state index contributed by atoms with van der Waals surface area (Å²) < 4.78 is 0. The van der Waals surface area contributed by atoms with Crippen molar-refractivity contribution >= 4 is 52.3 Å². The molecule has 0 bridgehead atoms. The van der Waals surface area contributed by atoms with Crippen LogP contribution in [0.15, 0.2) is 48.5 Å². The molecule has 4 nitrogen and oxygen atoms in total. The third-order valence-corrected chi connectivity index (χ3v) is 4.55. The minimum Gasteiger partial charge on any atom is -0.283 e. The van der Waals surface area contributed by atoms with Crippen LogP contribution in [-0.2, 0) is 0 Å². The number of nitrogens with zero attached hydrogens (tertiary/aromatic N) is 2. The van der Waals surface area contributed by atoms with E-state index in [-0.39, 0.29) is 16.9 Å². The summed E-state index contributed by atoms with van der Waals surface area (Å²) in [6, 6.07) is 13.3. The molecule has 24 heavy (non-hydrogen) atoms. The van der Waals surface area contributed by atoms with E-state index in [1.54, 1.807) is 48.5 Å². The van der Waals surface area contributed by atoms with Gasteiger partial charge in [-0.25, -0.2) is 0 Å². The van der Waals surface area contributed by atoms with E-state index in [0.717, 1.165) is 0 Å². The highest BCUT2D eigenvalue weighted by Crippen LogP contribution is 2.20. The molecule has 1 fully saturated rings. The fourth-order valence-electron chi connectivity index (χ4n) is 2.47. The summed E-state index contributed by atoms with van der Waals surface area (Å²) in [6.45, 7) is 0.687. The van der Waals surface area contributed by atoms with Crippen LogP contribution in [0.4, 0.5) is 0 Å². The van der Waals surface area contributed by atoms with Gasteiger partial charge in [-0.15, -0.1) is 0 Å². The summed E-state index contributed by atoms with van der Waals surface area (Å²) in [4.78, 5) is 28.0. The predicted octanol–water partition coefficient (Wildman–Crippen LogP) is 3.88. The molecule has 2 amide bonds. The van der Waals surface area contributed by atoms with Crippen LogP contribution in [0.25, 0.3) is 0 Å². The molecular weight excluding hydrogens is 367 g/mol. The van der Waals surface area contributed by atoms with Gasteiger partial charge >= 0.3 is 0 Å². The van der Waals surface area contributed by atoms with Crippen molar-refractivity contribution in [1.29, 1.82) is 0 Å². The smallest absolute Gasteiger partial charge is 0.260 e. The molecule has 1 heterocycles. The lowest BCUT2D eigenvalue weighted by atomic mass is 10.2. The first-order chi connectivity index (χ1) is 11.5. The highest BCUT2D eigenvalue weighted by atomic mass is 35.5. The van der Waals surface area contributed by atoms with Crippen molar-refractivity contribution in [3.8, 4) is 0 Å². The van der Waals surface area contributed by atoms with Crippen LogP contribution in [0, 0.1) is 0 Å². The minimum atomic E-state index is -0.274. The van der Waals surface area contributed by atoms with E-state index in [1.807, 2.05) is 0 Å². The van der Waals surface area contributed by atoms with E-state index in [9.17, 15) is 9.59 Å². The zero-order valence-electron chi connectivity index (χ0n) is 12.4. The van der Waals surface area contributed by atoms with Gasteiger partial charge in [-0.1, -0.05) is 35.3 Å². The van der Waals surface area contributed by atoms with E-state index in [1.165, 1.54) is 9.80 Å². The summed E-state index contributed by atoms with van der Waals surface area (Å²) in [5.41, 5.74) is 0.865. The average Bonchev–Trinajstić information content (AvgIpc) is 2.95. The second-order valence-electron chi connectivity index (χ2n) is 5.22. The zero-order chi connectivity index (χ0) is 17.3. The lowest BCUT2D eigenvalue weighted by Gasteiger charge is -2.19. The Morgan fingerprint density at radius 1 is 0.833 bits per heavy atom. The van der Waals surface area contributed by atoms with Crippen LogP contribution in [0.2, 0.25) is 10.0 Å². The van der Waals surface area contributed by atoms with Crippen LogP contribution in [-0.4, -0.2) is 39.8 Å². The van der Waals surface area contributed by atoms with Crippen LogP contribution < -0.4 is 0 Å². The summed E-state index contributed by atoms with van der Waals surface area (Å²) in [5.74, 6) is -0.548. The highest BCUT2D eigenvalue weighted by molar-refractivity contribution is 7.80. The number of halogens is 2. The fraction of sp³-hybridized carbons (Fsp3) is 0.118. The predicted molar refractivity (Wildman–Crippen MR) is 97.6 cm³/mol. The first-order valence-electron chi connectivity index (χ1n) is 7.16. The topological polar surface area (TPSA) is 40.6 Å². The molecule has 0 atom stereocenters. The third kappa shape index (κ3) is 3.29.